The number of ether oxygens (including phenoxy) is 3. The number of nitrogens with zero attached hydrogens (tertiary/aromatic N) is 4. The van der Waals surface area contributed by atoms with E-state index in [1.807, 2.05) is 6.07 Å². The fraction of sp³-hybridized carbons (Fsp3) is 0.286. The number of aromatic nitrogens is 2. The van der Waals surface area contributed by atoms with Crippen LogP contribution in [0.4, 0.5) is 5.69 Å². The number of nitrogens with two attached hydrogens (primary N) is 1. The van der Waals surface area contributed by atoms with Gasteiger partial charge in [-0.3, -0.25) is 14.8 Å². The van der Waals surface area contributed by atoms with Gasteiger partial charge < -0.3 is 19.9 Å². The van der Waals surface area contributed by atoms with Gasteiger partial charge in [-0.2, -0.15) is 10.4 Å². The summed E-state index contributed by atoms with van der Waals surface area (Å²) >= 11 is 0. The SMILES string of the molecule is CCOC(=O)C1=C(C)OC(N)=C(C#N)C1c1ccc(OC)c(Cn2cc([N+](=O)[O-])cn2)c1. The third kappa shape index (κ3) is 4.24. The normalized spacial score (nSPS) is 15.8. The summed E-state index contributed by atoms with van der Waals surface area (Å²) in [5.41, 5.74) is 7.25. The third-order valence-corrected chi connectivity index (χ3v) is 4.90. The van der Waals surface area contributed by atoms with Gasteiger partial charge in [0.1, 0.15) is 35.5 Å². The van der Waals surface area contributed by atoms with E-state index in [0.717, 1.165) is 6.20 Å². The quantitative estimate of drug-likeness (QED) is 0.389. The Balaban J connectivity index is 2.10. The number of nitriles is 1. The maximum absolute atomic E-state index is 12.7. The number of allylic oxidation sites excluding steroid dienone is 2. The fourth-order valence-electron chi connectivity index (χ4n) is 3.50. The highest BCUT2D eigenvalue weighted by Crippen LogP contribution is 2.40. The van der Waals surface area contributed by atoms with Crippen molar-refractivity contribution in [2.75, 3.05) is 13.7 Å². The van der Waals surface area contributed by atoms with E-state index in [2.05, 4.69) is 5.10 Å². The predicted octanol–water partition coefficient (Wildman–Crippen LogP) is 2.49. The zero-order valence-electron chi connectivity index (χ0n) is 17.7. The second-order valence-electron chi connectivity index (χ2n) is 6.84. The van der Waals surface area contributed by atoms with Gasteiger partial charge in [-0.05, 0) is 31.5 Å². The number of hydrogen-bond donors (Lipinski definition) is 1. The number of esters is 1. The summed E-state index contributed by atoms with van der Waals surface area (Å²) < 4.78 is 17.4. The summed E-state index contributed by atoms with van der Waals surface area (Å²) in [5.74, 6) is -0.777. The first-order chi connectivity index (χ1) is 15.3. The zero-order chi connectivity index (χ0) is 23.4. The summed E-state index contributed by atoms with van der Waals surface area (Å²) in [6.07, 6.45) is 2.45. The van der Waals surface area contributed by atoms with Crippen molar-refractivity contribution in [3.63, 3.8) is 0 Å². The average molecular weight is 439 g/mol. The van der Waals surface area contributed by atoms with E-state index in [4.69, 9.17) is 19.9 Å². The van der Waals surface area contributed by atoms with Gasteiger partial charge in [0.2, 0.25) is 5.88 Å². The van der Waals surface area contributed by atoms with Crippen molar-refractivity contribution in [3.8, 4) is 11.8 Å². The number of hydrogen-bond acceptors (Lipinski definition) is 9. The lowest BCUT2D eigenvalue weighted by Crippen LogP contribution is -2.25. The van der Waals surface area contributed by atoms with Crippen LogP contribution in [0.15, 0.2) is 53.4 Å². The van der Waals surface area contributed by atoms with Gasteiger partial charge in [-0.15, -0.1) is 0 Å². The van der Waals surface area contributed by atoms with Crippen LogP contribution in [0.25, 0.3) is 0 Å². The molecule has 0 amide bonds. The molecule has 1 aliphatic rings. The van der Waals surface area contributed by atoms with Crippen molar-refractivity contribution >= 4 is 11.7 Å². The lowest BCUT2D eigenvalue weighted by atomic mass is 9.82. The van der Waals surface area contributed by atoms with Crippen molar-refractivity contribution in [2.45, 2.75) is 26.3 Å². The maximum Gasteiger partial charge on any atom is 0.338 e. The highest BCUT2D eigenvalue weighted by molar-refractivity contribution is 5.92. The summed E-state index contributed by atoms with van der Waals surface area (Å²) in [7, 11) is 1.49. The van der Waals surface area contributed by atoms with Crippen LogP contribution in [0.3, 0.4) is 0 Å². The van der Waals surface area contributed by atoms with Crippen LogP contribution in [0.2, 0.25) is 0 Å². The number of nitro groups is 1. The largest absolute Gasteiger partial charge is 0.496 e. The van der Waals surface area contributed by atoms with Gasteiger partial charge in [0.25, 0.3) is 0 Å². The van der Waals surface area contributed by atoms with Crippen LogP contribution in [-0.2, 0) is 20.8 Å². The molecule has 3 rings (SSSR count). The van der Waals surface area contributed by atoms with Crippen LogP contribution in [-0.4, -0.2) is 34.4 Å². The number of methoxy groups -OCH3 is 1. The Kier molecular flexibility index (Phi) is 6.44. The molecule has 1 aromatic carbocycles. The first-order valence-electron chi connectivity index (χ1n) is 9.59. The standard InChI is InChI=1S/C21H21N5O6/c1-4-31-21(27)18-12(2)32-20(23)16(8-22)19(18)13-5-6-17(30-3)14(7-13)10-25-11-15(9-24-25)26(28)29/h5-7,9,11,19H,4,10,23H2,1-3H3. The molecule has 1 atom stereocenters. The molecular formula is C21H21N5O6. The average Bonchev–Trinajstić information content (AvgIpc) is 3.22. The molecule has 11 nitrogen and oxygen atoms in total. The molecule has 166 valence electrons. The number of carbonyl (C=O) groups is 1. The van der Waals surface area contributed by atoms with E-state index in [9.17, 15) is 20.2 Å². The molecule has 2 aromatic rings. The molecule has 32 heavy (non-hydrogen) atoms. The van der Waals surface area contributed by atoms with Crippen molar-refractivity contribution in [1.82, 2.24) is 9.78 Å². The van der Waals surface area contributed by atoms with Gasteiger partial charge in [0.05, 0.1) is 36.7 Å². The molecule has 0 saturated heterocycles. The number of rotatable bonds is 7. The Morgan fingerprint density at radius 2 is 2.22 bits per heavy atom. The van der Waals surface area contributed by atoms with Crippen LogP contribution in [0, 0.1) is 21.4 Å². The second kappa shape index (κ2) is 9.22. The second-order valence-corrected chi connectivity index (χ2v) is 6.84. The van der Waals surface area contributed by atoms with Gasteiger partial charge in [-0.1, -0.05) is 6.07 Å². The first kappa shape index (κ1) is 22.4. The Hall–Kier alpha value is -4.33. The lowest BCUT2D eigenvalue weighted by molar-refractivity contribution is -0.385. The van der Waals surface area contributed by atoms with E-state index in [-0.39, 0.29) is 41.6 Å². The number of benzene rings is 1. The number of carbonyl (C=O) groups excluding carboxylic acids is 1. The fourth-order valence-corrected chi connectivity index (χ4v) is 3.50. The Morgan fingerprint density at radius 3 is 2.81 bits per heavy atom. The van der Waals surface area contributed by atoms with Crippen LogP contribution in [0.1, 0.15) is 30.9 Å². The minimum atomic E-state index is -0.815. The zero-order valence-corrected chi connectivity index (χ0v) is 17.7. The smallest absolute Gasteiger partial charge is 0.338 e. The van der Waals surface area contributed by atoms with E-state index in [1.54, 1.807) is 32.0 Å². The molecule has 2 N–H and O–H groups in total. The van der Waals surface area contributed by atoms with E-state index >= 15 is 0 Å². The van der Waals surface area contributed by atoms with Gasteiger partial charge in [0, 0.05) is 5.56 Å². The third-order valence-electron chi connectivity index (χ3n) is 4.90. The van der Waals surface area contributed by atoms with Crippen molar-refractivity contribution in [1.29, 1.82) is 5.26 Å². The Bertz CT molecular complexity index is 1170. The Labute approximate surface area is 183 Å². The highest BCUT2D eigenvalue weighted by Gasteiger charge is 2.36. The molecule has 11 heteroatoms. The molecule has 0 radical (unpaired) electrons. The minimum absolute atomic E-state index is 0.0736. The molecule has 0 fully saturated rings. The van der Waals surface area contributed by atoms with Crippen LogP contribution >= 0.6 is 0 Å². The lowest BCUT2D eigenvalue weighted by Gasteiger charge is -2.27. The summed E-state index contributed by atoms with van der Waals surface area (Å²) in [6.45, 7) is 3.56. The van der Waals surface area contributed by atoms with E-state index < -0.39 is 16.8 Å². The molecule has 0 spiro atoms. The van der Waals surface area contributed by atoms with Gasteiger partial charge >= 0.3 is 11.7 Å². The molecule has 1 aliphatic heterocycles. The molecular weight excluding hydrogens is 418 g/mol. The molecule has 0 bridgehead atoms. The van der Waals surface area contributed by atoms with Crippen molar-refractivity contribution < 1.29 is 23.9 Å². The molecule has 1 aromatic heterocycles. The molecule has 1 unspecified atom stereocenters. The minimum Gasteiger partial charge on any atom is -0.496 e. The first-order valence-corrected chi connectivity index (χ1v) is 9.59. The maximum atomic E-state index is 12.7. The molecule has 2 heterocycles. The highest BCUT2D eigenvalue weighted by atomic mass is 16.6. The van der Waals surface area contributed by atoms with E-state index in [0.29, 0.717) is 16.9 Å². The predicted molar refractivity (Wildman–Crippen MR) is 111 cm³/mol. The monoisotopic (exact) mass is 439 g/mol. The molecule has 0 saturated carbocycles. The van der Waals surface area contributed by atoms with Crippen LogP contribution < -0.4 is 10.5 Å². The van der Waals surface area contributed by atoms with Crippen molar-refractivity contribution in [2.24, 2.45) is 5.73 Å². The summed E-state index contributed by atoms with van der Waals surface area (Å²) in [4.78, 5) is 23.1. The Morgan fingerprint density at radius 1 is 1.47 bits per heavy atom. The van der Waals surface area contributed by atoms with Gasteiger partial charge in [-0.25, -0.2) is 4.79 Å². The molecule has 0 aliphatic carbocycles. The topological polar surface area (TPSA) is 156 Å². The van der Waals surface area contributed by atoms with E-state index in [1.165, 1.54) is 18.0 Å². The van der Waals surface area contributed by atoms with Gasteiger partial charge in [0.15, 0.2) is 0 Å². The summed E-state index contributed by atoms with van der Waals surface area (Å²) in [5, 5.41) is 24.7. The van der Waals surface area contributed by atoms with Crippen LogP contribution in [0.5, 0.6) is 5.75 Å². The van der Waals surface area contributed by atoms with Crippen molar-refractivity contribution in [3.05, 3.63) is 74.6 Å². The summed E-state index contributed by atoms with van der Waals surface area (Å²) in [6, 6.07) is 7.15.